The van der Waals surface area contributed by atoms with Gasteiger partial charge in [0.05, 0.1) is 17.5 Å². The largest absolute Gasteiger partial charge is 0.348 e. The number of fused-ring (bicyclic) bond motifs is 1. The third kappa shape index (κ3) is 6.03. The van der Waals surface area contributed by atoms with Crippen LogP contribution in [0.25, 0.3) is 10.8 Å². The molecule has 1 heterocycles. The molecule has 0 spiro atoms. The number of nitrogens with zero attached hydrogens (tertiary/aromatic N) is 1. The number of aryl methyl sites for hydroxylation is 1. The van der Waals surface area contributed by atoms with E-state index < -0.39 is 10.0 Å². The maximum absolute atomic E-state index is 12.8. The molecule has 0 aromatic heterocycles. The number of carbonyl (C=O) groups excluding carboxylic acids is 1. The number of likely N-dealkylation sites (tertiary alicyclic amines) is 1. The number of hydrogen-bond acceptors (Lipinski definition) is 4. The predicted molar refractivity (Wildman–Crippen MR) is 136 cm³/mol. The van der Waals surface area contributed by atoms with Gasteiger partial charge in [0.1, 0.15) is 0 Å². The lowest BCUT2D eigenvalue weighted by Crippen LogP contribution is -2.45. The Morgan fingerprint density at radius 3 is 2.59 bits per heavy atom. The van der Waals surface area contributed by atoms with E-state index in [9.17, 15) is 13.2 Å². The standard InChI is InChI=1S/C27H33N3O3S/c1-20-12-14-24(15-13-20)34(32,33)28-17-22-7-6-16-30(18-22)19-27(31)29-21(2)25-11-5-9-23-8-3-4-10-26(23)25/h3-5,8-15,21-22,28H,6-7,16-19H2,1-2H3,(H,29,31). The van der Waals surface area contributed by atoms with E-state index in [0.717, 1.165) is 41.3 Å². The molecule has 1 fully saturated rings. The molecule has 0 radical (unpaired) electrons. The van der Waals surface area contributed by atoms with Gasteiger partial charge in [-0.15, -0.1) is 0 Å². The Labute approximate surface area is 202 Å². The molecule has 180 valence electrons. The van der Waals surface area contributed by atoms with Gasteiger partial charge in [-0.05, 0) is 67.6 Å². The molecular formula is C27H33N3O3S. The Hall–Kier alpha value is -2.74. The molecule has 3 aromatic rings. The monoisotopic (exact) mass is 479 g/mol. The number of rotatable bonds is 8. The van der Waals surface area contributed by atoms with Crippen molar-refractivity contribution < 1.29 is 13.2 Å². The quantitative estimate of drug-likeness (QED) is 0.512. The minimum absolute atomic E-state index is 0.0127. The zero-order valence-corrected chi connectivity index (χ0v) is 20.6. The van der Waals surface area contributed by atoms with Crippen molar-refractivity contribution >= 4 is 26.7 Å². The first-order valence-corrected chi connectivity index (χ1v) is 13.4. The maximum atomic E-state index is 12.8. The minimum Gasteiger partial charge on any atom is -0.348 e. The number of carbonyl (C=O) groups is 1. The Morgan fingerprint density at radius 2 is 1.79 bits per heavy atom. The minimum atomic E-state index is -3.53. The van der Waals surface area contributed by atoms with Gasteiger partial charge in [0, 0.05) is 13.1 Å². The maximum Gasteiger partial charge on any atom is 0.240 e. The summed E-state index contributed by atoms with van der Waals surface area (Å²) in [6, 6.07) is 21.1. The molecule has 6 nitrogen and oxygen atoms in total. The lowest BCUT2D eigenvalue weighted by molar-refractivity contribution is -0.123. The van der Waals surface area contributed by atoms with Crippen LogP contribution in [-0.4, -0.2) is 45.4 Å². The second-order valence-electron chi connectivity index (χ2n) is 9.27. The van der Waals surface area contributed by atoms with Gasteiger partial charge >= 0.3 is 0 Å². The molecule has 4 rings (SSSR count). The normalized spacial score (nSPS) is 18.0. The van der Waals surface area contributed by atoms with Crippen molar-refractivity contribution in [2.75, 3.05) is 26.2 Å². The summed E-state index contributed by atoms with van der Waals surface area (Å²) in [6.45, 7) is 6.18. The van der Waals surface area contributed by atoms with Gasteiger partial charge in [-0.2, -0.15) is 0 Å². The molecule has 2 unspecified atom stereocenters. The first-order valence-electron chi connectivity index (χ1n) is 11.9. The number of benzene rings is 3. The van der Waals surface area contributed by atoms with Crippen LogP contribution in [0.4, 0.5) is 0 Å². The molecule has 2 atom stereocenters. The van der Waals surface area contributed by atoms with Crippen molar-refractivity contribution in [3.05, 3.63) is 77.9 Å². The number of amides is 1. The van der Waals surface area contributed by atoms with Crippen LogP contribution in [-0.2, 0) is 14.8 Å². The van der Waals surface area contributed by atoms with E-state index in [1.165, 1.54) is 0 Å². The Kier molecular flexibility index (Phi) is 7.66. The van der Waals surface area contributed by atoms with E-state index in [4.69, 9.17) is 0 Å². The number of sulfonamides is 1. The topological polar surface area (TPSA) is 78.5 Å². The molecule has 7 heteroatoms. The van der Waals surface area contributed by atoms with Gasteiger partial charge < -0.3 is 5.32 Å². The van der Waals surface area contributed by atoms with Crippen molar-refractivity contribution in [2.45, 2.75) is 37.6 Å². The first-order chi connectivity index (χ1) is 16.3. The van der Waals surface area contributed by atoms with Gasteiger partial charge in [-0.1, -0.05) is 60.2 Å². The molecular weight excluding hydrogens is 446 g/mol. The van der Waals surface area contributed by atoms with Crippen molar-refractivity contribution in [2.24, 2.45) is 5.92 Å². The van der Waals surface area contributed by atoms with Gasteiger partial charge in [-0.3, -0.25) is 9.69 Å². The number of piperidine rings is 1. The summed E-state index contributed by atoms with van der Waals surface area (Å²) in [4.78, 5) is 15.2. The summed E-state index contributed by atoms with van der Waals surface area (Å²) >= 11 is 0. The highest BCUT2D eigenvalue weighted by Gasteiger charge is 2.24. The highest BCUT2D eigenvalue weighted by atomic mass is 32.2. The lowest BCUT2D eigenvalue weighted by atomic mass is 9.98. The molecule has 1 saturated heterocycles. The van der Waals surface area contributed by atoms with Crippen LogP contribution in [0.15, 0.2) is 71.6 Å². The highest BCUT2D eigenvalue weighted by Crippen LogP contribution is 2.24. The second kappa shape index (κ2) is 10.7. The van der Waals surface area contributed by atoms with E-state index >= 15 is 0 Å². The molecule has 2 N–H and O–H groups in total. The fourth-order valence-corrected chi connectivity index (χ4v) is 5.80. The van der Waals surface area contributed by atoms with Gasteiger partial charge in [-0.25, -0.2) is 13.1 Å². The molecule has 34 heavy (non-hydrogen) atoms. The number of hydrogen-bond donors (Lipinski definition) is 2. The average Bonchev–Trinajstić information content (AvgIpc) is 2.83. The molecule has 0 aliphatic carbocycles. The predicted octanol–water partition coefficient (Wildman–Crippen LogP) is 4.02. The van der Waals surface area contributed by atoms with Crippen molar-refractivity contribution in [1.29, 1.82) is 0 Å². The van der Waals surface area contributed by atoms with Gasteiger partial charge in [0.2, 0.25) is 15.9 Å². The summed E-state index contributed by atoms with van der Waals surface area (Å²) in [5.41, 5.74) is 2.13. The van der Waals surface area contributed by atoms with Crippen LogP contribution in [0.3, 0.4) is 0 Å². The fraction of sp³-hybridized carbons (Fsp3) is 0.370. The SMILES string of the molecule is Cc1ccc(S(=O)(=O)NCC2CCCN(CC(=O)NC(C)c3cccc4ccccc34)C2)cc1. The van der Waals surface area contributed by atoms with E-state index in [1.54, 1.807) is 24.3 Å². The third-order valence-electron chi connectivity index (χ3n) is 6.53. The fourth-order valence-electron chi connectivity index (χ4n) is 4.69. The van der Waals surface area contributed by atoms with Crippen LogP contribution >= 0.6 is 0 Å². The molecule has 3 aromatic carbocycles. The zero-order chi connectivity index (χ0) is 24.1. The second-order valence-corrected chi connectivity index (χ2v) is 11.0. The van der Waals surface area contributed by atoms with E-state index in [2.05, 4.69) is 39.2 Å². The summed E-state index contributed by atoms with van der Waals surface area (Å²) < 4.78 is 28.0. The van der Waals surface area contributed by atoms with Gasteiger partial charge in [0.15, 0.2) is 0 Å². The zero-order valence-electron chi connectivity index (χ0n) is 19.8. The van der Waals surface area contributed by atoms with Crippen molar-refractivity contribution in [3.8, 4) is 0 Å². The lowest BCUT2D eigenvalue weighted by Gasteiger charge is -2.32. The Morgan fingerprint density at radius 1 is 1.06 bits per heavy atom. The van der Waals surface area contributed by atoms with Gasteiger partial charge in [0.25, 0.3) is 0 Å². The van der Waals surface area contributed by atoms with Crippen LogP contribution in [0.1, 0.15) is 36.9 Å². The summed E-state index contributed by atoms with van der Waals surface area (Å²) in [6.07, 6.45) is 1.89. The van der Waals surface area contributed by atoms with Crippen LogP contribution < -0.4 is 10.0 Å². The molecule has 0 saturated carbocycles. The summed E-state index contributed by atoms with van der Waals surface area (Å²) in [7, 11) is -3.53. The van der Waals surface area contributed by atoms with Crippen LogP contribution in [0, 0.1) is 12.8 Å². The highest BCUT2D eigenvalue weighted by molar-refractivity contribution is 7.89. The van der Waals surface area contributed by atoms with Crippen molar-refractivity contribution in [1.82, 2.24) is 14.9 Å². The molecule has 1 aliphatic heterocycles. The molecule has 1 aliphatic rings. The Balaban J connectivity index is 1.30. The Bertz CT molecular complexity index is 1240. The average molecular weight is 480 g/mol. The van der Waals surface area contributed by atoms with E-state index in [1.807, 2.05) is 32.0 Å². The van der Waals surface area contributed by atoms with Crippen LogP contribution in [0.5, 0.6) is 0 Å². The summed E-state index contributed by atoms with van der Waals surface area (Å²) in [5, 5.41) is 5.45. The van der Waals surface area contributed by atoms with E-state index in [0.29, 0.717) is 19.6 Å². The molecule has 1 amide bonds. The van der Waals surface area contributed by atoms with Crippen molar-refractivity contribution in [3.63, 3.8) is 0 Å². The smallest absolute Gasteiger partial charge is 0.240 e. The number of nitrogens with one attached hydrogen (secondary N) is 2. The third-order valence-corrected chi connectivity index (χ3v) is 7.97. The van der Waals surface area contributed by atoms with Crippen LogP contribution in [0.2, 0.25) is 0 Å². The summed E-state index contributed by atoms with van der Waals surface area (Å²) in [5.74, 6) is 0.165. The molecule has 0 bridgehead atoms. The van der Waals surface area contributed by atoms with E-state index in [-0.39, 0.29) is 22.8 Å². The first kappa shape index (κ1) is 24.4.